The molecule has 3 amide bonds. The highest BCUT2D eigenvalue weighted by Crippen LogP contribution is 2.34. The molecule has 2 aliphatic rings. The van der Waals surface area contributed by atoms with Crippen molar-refractivity contribution in [2.45, 2.75) is 25.3 Å². The van der Waals surface area contributed by atoms with E-state index in [-0.39, 0.29) is 18.5 Å². The highest BCUT2D eigenvalue weighted by atomic mass is 32.2. The van der Waals surface area contributed by atoms with E-state index in [1.54, 1.807) is 23.4 Å². The average molecular weight is 407 g/mol. The minimum Gasteiger partial charge on any atom is -0.334 e. The summed E-state index contributed by atoms with van der Waals surface area (Å²) >= 11 is 0.880. The third-order valence-electron chi connectivity index (χ3n) is 5.16. The molecule has 2 fully saturated rings. The minimum absolute atomic E-state index is 0.0651. The second-order valence-electron chi connectivity index (χ2n) is 7.06. The fourth-order valence-corrected chi connectivity index (χ4v) is 4.55. The monoisotopic (exact) mass is 407 g/mol. The number of hydrogen-bond acceptors (Lipinski definition) is 5. The van der Waals surface area contributed by atoms with Gasteiger partial charge in [0.2, 0.25) is 5.91 Å². The molecule has 2 aliphatic heterocycles. The summed E-state index contributed by atoms with van der Waals surface area (Å²) in [7, 11) is 0. The van der Waals surface area contributed by atoms with Gasteiger partial charge in [0, 0.05) is 18.9 Å². The molecule has 0 spiro atoms. The second-order valence-corrected chi connectivity index (χ2v) is 8.06. The number of nitrogens with zero attached hydrogens (tertiary/aromatic N) is 3. The van der Waals surface area contributed by atoms with Crippen LogP contribution in [0.4, 0.5) is 4.79 Å². The first-order valence-corrected chi connectivity index (χ1v) is 10.4. The first-order valence-electron chi connectivity index (χ1n) is 9.63. The van der Waals surface area contributed by atoms with Crippen molar-refractivity contribution in [3.05, 3.63) is 70.9 Å². The Balaban J connectivity index is 1.49. The number of amides is 3. The van der Waals surface area contributed by atoms with Gasteiger partial charge in [-0.2, -0.15) is 0 Å². The van der Waals surface area contributed by atoms with Crippen LogP contribution in [0.1, 0.15) is 36.4 Å². The lowest BCUT2D eigenvalue weighted by Crippen LogP contribution is -2.45. The molecule has 0 N–H and O–H groups in total. The maximum absolute atomic E-state index is 13.0. The summed E-state index contributed by atoms with van der Waals surface area (Å²) in [6.07, 6.45) is 7.97. The molecule has 0 aliphatic carbocycles. The summed E-state index contributed by atoms with van der Waals surface area (Å²) in [6.45, 7) is 0.391. The van der Waals surface area contributed by atoms with Crippen LogP contribution < -0.4 is 0 Å². The number of imide groups is 1. The standard InChI is InChI=1S/C22H21N3O3S/c26-20(24-12-5-4-10-18(24)17-9-6-11-23-14-17)15-25-21(27)19(29-22(25)28)13-16-7-2-1-3-8-16/h1-3,6-9,11,13-14,18H,4-5,10,12,15H2/b19-13+/t18-/m1/s1. The number of piperidine rings is 1. The highest BCUT2D eigenvalue weighted by molar-refractivity contribution is 8.18. The Kier molecular flexibility index (Phi) is 5.76. The van der Waals surface area contributed by atoms with Crippen LogP contribution >= 0.6 is 11.8 Å². The van der Waals surface area contributed by atoms with Crippen LogP contribution in [0.2, 0.25) is 0 Å². The van der Waals surface area contributed by atoms with Gasteiger partial charge in [0.05, 0.1) is 10.9 Å². The van der Waals surface area contributed by atoms with Crippen molar-refractivity contribution in [1.82, 2.24) is 14.8 Å². The number of thioether (sulfide) groups is 1. The van der Waals surface area contributed by atoms with E-state index in [0.717, 1.165) is 47.1 Å². The first kappa shape index (κ1) is 19.4. The summed E-state index contributed by atoms with van der Waals surface area (Å²) in [5.74, 6) is -0.617. The molecular weight excluding hydrogens is 386 g/mol. The lowest BCUT2D eigenvalue weighted by molar-refractivity contribution is -0.138. The van der Waals surface area contributed by atoms with Crippen LogP contribution in [0.5, 0.6) is 0 Å². The molecule has 29 heavy (non-hydrogen) atoms. The van der Waals surface area contributed by atoms with Gasteiger partial charge in [0.1, 0.15) is 6.54 Å². The number of benzene rings is 1. The predicted molar refractivity (Wildman–Crippen MR) is 112 cm³/mol. The SMILES string of the molecule is O=C1S/C(=C/c2ccccc2)C(=O)N1CC(=O)N1CCCC[C@@H]1c1cccnc1. The van der Waals surface area contributed by atoms with E-state index in [1.165, 1.54) is 0 Å². The van der Waals surface area contributed by atoms with Crippen LogP contribution in [0.3, 0.4) is 0 Å². The van der Waals surface area contributed by atoms with E-state index in [1.807, 2.05) is 42.5 Å². The lowest BCUT2D eigenvalue weighted by Gasteiger charge is -2.36. The smallest absolute Gasteiger partial charge is 0.294 e. The quantitative estimate of drug-likeness (QED) is 0.720. The lowest BCUT2D eigenvalue weighted by atomic mass is 9.96. The van der Waals surface area contributed by atoms with Gasteiger partial charge in [-0.1, -0.05) is 36.4 Å². The van der Waals surface area contributed by atoms with E-state index >= 15 is 0 Å². The van der Waals surface area contributed by atoms with E-state index in [2.05, 4.69) is 4.98 Å². The Hall–Kier alpha value is -2.93. The molecule has 6 nitrogen and oxygen atoms in total. The Bertz CT molecular complexity index is 946. The van der Waals surface area contributed by atoms with Crippen molar-refractivity contribution in [2.75, 3.05) is 13.1 Å². The largest absolute Gasteiger partial charge is 0.334 e. The summed E-state index contributed by atoms with van der Waals surface area (Å²) in [5.41, 5.74) is 1.83. The van der Waals surface area contributed by atoms with Crippen LogP contribution in [0, 0.1) is 0 Å². The van der Waals surface area contributed by atoms with Crippen LogP contribution in [0.25, 0.3) is 6.08 Å². The molecule has 2 saturated heterocycles. The highest BCUT2D eigenvalue weighted by Gasteiger charge is 2.38. The number of carbonyl (C=O) groups is 3. The molecule has 1 atom stereocenters. The van der Waals surface area contributed by atoms with Crippen molar-refractivity contribution in [1.29, 1.82) is 0 Å². The number of carbonyl (C=O) groups excluding carboxylic acids is 3. The molecule has 0 saturated carbocycles. The third kappa shape index (κ3) is 4.24. The van der Waals surface area contributed by atoms with Gasteiger partial charge in [-0.05, 0) is 54.3 Å². The molecule has 0 bridgehead atoms. The van der Waals surface area contributed by atoms with Gasteiger partial charge in [-0.15, -0.1) is 0 Å². The van der Waals surface area contributed by atoms with E-state index in [4.69, 9.17) is 0 Å². The molecule has 1 aromatic carbocycles. The normalized spacial score (nSPS) is 21.1. The molecule has 7 heteroatoms. The molecular formula is C22H21N3O3S. The predicted octanol–water partition coefficient (Wildman–Crippen LogP) is 3.87. The summed E-state index contributed by atoms with van der Waals surface area (Å²) in [6, 6.07) is 13.1. The molecule has 2 aromatic rings. The topological polar surface area (TPSA) is 70.6 Å². The molecule has 148 valence electrons. The second kappa shape index (κ2) is 8.61. The fourth-order valence-electron chi connectivity index (χ4n) is 3.71. The van der Waals surface area contributed by atoms with Gasteiger partial charge in [-0.3, -0.25) is 24.3 Å². The van der Waals surface area contributed by atoms with E-state index < -0.39 is 11.1 Å². The summed E-state index contributed by atoms with van der Waals surface area (Å²) in [5, 5.41) is -0.402. The Morgan fingerprint density at radius 1 is 1.14 bits per heavy atom. The zero-order valence-electron chi connectivity index (χ0n) is 15.9. The summed E-state index contributed by atoms with van der Waals surface area (Å²) < 4.78 is 0. The van der Waals surface area contributed by atoms with Crippen molar-refractivity contribution in [2.24, 2.45) is 0 Å². The van der Waals surface area contributed by atoms with Gasteiger partial charge in [0.25, 0.3) is 11.1 Å². The molecule has 0 unspecified atom stereocenters. The van der Waals surface area contributed by atoms with Gasteiger partial charge in [0.15, 0.2) is 0 Å². The molecule has 3 heterocycles. The molecule has 1 aromatic heterocycles. The fraction of sp³-hybridized carbons (Fsp3) is 0.273. The van der Waals surface area contributed by atoms with E-state index in [0.29, 0.717) is 11.4 Å². The first-order chi connectivity index (χ1) is 14.1. The number of aromatic nitrogens is 1. The van der Waals surface area contributed by atoms with Crippen molar-refractivity contribution >= 4 is 34.9 Å². The zero-order chi connectivity index (χ0) is 20.2. The number of likely N-dealkylation sites (tertiary alicyclic amines) is 1. The van der Waals surface area contributed by atoms with Crippen molar-refractivity contribution in [3.63, 3.8) is 0 Å². The van der Waals surface area contributed by atoms with Crippen molar-refractivity contribution < 1.29 is 14.4 Å². The third-order valence-corrected chi connectivity index (χ3v) is 6.06. The Morgan fingerprint density at radius 2 is 1.97 bits per heavy atom. The van der Waals surface area contributed by atoms with Crippen LogP contribution in [-0.4, -0.2) is 44.9 Å². The van der Waals surface area contributed by atoms with E-state index in [9.17, 15) is 14.4 Å². The van der Waals surface area contributed by atoms with Crippen LogP contribution in [-0.2, 0) is 9.59 Å². The molecule has 4 rings (SSSR count). The number of hydrogen-bond donors (Lipinski definition) is 0. The number of pyridine rings is 1. The summed E-state index contributed by atoms with van der Waals surface area (Å²) in [4.78, 5) is 45.5. The Labute approximate surface area is 173 Å². The average Bonchev–Trinajstić information content (AvgIpc) is 3.02. The van der Waals surface area contributed by atoms with Gasteiger partial charge >= 0.3 is 0 Å². The zero-order valence-corrected chi connectivity index (χ0v) is 16.7. The Morgan fingerprint density at radius 3 is 2.72 bits per heavy atom. The minimum atomic E-state index is -0.410. The molecule has 0 radical (unpaired) electrons. The van der Waals surface area contributed by atoms with Crippen molar-refractivity contribution in [3.8, 4) is 0 Å². The van der Waals surface area contributed by atoms with Gasteiger partial charge < -0.3 is 4.90 Å². The maximum atomic E-state index is 13.0. The van der Waals surface area contributed by atoms with Gasteiger partial charge in [-0.25, -0.2) is 0 Å². The number of rotatable bonds is 4. The maximum Gasteiger partial charge on any atom is 0.294 e. The van der Waals surface area contributed by atoms with Crippen LogP contribution in [0.15, 0.2) is 59.8 Å².